The van der Waals surface area contributed by atoms with Crippen molar-refractivity contribution in [1.82, 2.24) is 4.90 Å². The number of ether oxygens (including phenoxy) is 1. The Hall–Kier alpha value is -1.47. The molecule has 7 heteroatoms. The van der Waals surface area contributed by atoms with Crippen molar-refractivity contribution in [3.8, 4) is 0 Å². The molecule has 1 aliphatic heterocycles. The van der Waals surface area contributed by atoms with Crippen LogP contribution in [0.3, 0.4) is 0 Å². The smallest absolute Gasteiger partial charge is 0.311 e. The van der Waals surface area contributed by atoms with E-state index in [1.165, 1.54) is 30.1 Å². The fourth-order valence-electron chi connectivity index (χ4n) is 2.16. The fraction of sp³-hybridized carbons (Fsp3) is 0.385. The second-order valence-electron chi connectivity index (χ2n) is 4.59. The van der Waals surface area contributed by atoms with Gasteiger partial charge in [-0.3, -0.25) is 9.59 Å². The number of likely N-dealkylation sites (N-methyl/N-ethyl adjacent to an activating group) is 1. The van der Waals surface area contributed by atoms with Crippen LogP contribution in [0.2, 0.25) is 0 Å². The summed E-state index contributed by atoms with van der Waals surface area (Å²) in [6, 6.07) is 3.45. The summed E-state index contributed by atoms with van der Waals surface area (Å²) in [4.78, 5) is 24.6. The molecule has 2 atom stereocenters. The van der Waals surface area contributed by atoms with E-state index in [1.807, 2.05) is 0 Å². The topological polar surface area (TPSA) is 66.8 Å². The van der Waals surface area contributed by atoms with Gasteiger partial charge < -0.3 is 14.7 Å². The molecule has 1 fully saturated rings. The summed E-state index contributed by atoms with van der Waals surface area (Å²) < 4.78 is 19.4. The van der Waals surface area contributed by atoms with E-state index in [-0.39, 0.29) is 18.8 Å². The SMILES string of the molecule is CN(C(=O)c1cc(Br)ccc1F)C1COCC1C(=O)O. The third-order valence-corrected chi connectivity index (χ3v) is 3.84. The van der Waals surface area contributed by atoms with Crippen LogP contribution in [0.5, 0.6) is 0 Å². The van der Waals surface area contributed by atoms with Crippen LogP contribution in [-0.4, -0.2) is 48.2 Å². The minimum absolute atomic E-state index is 0.0542. The molecule has 1 aliphatic rings. The van der Waals surface area contributed by atoms with Crippen molar-refractivity contribution < 1.29 is 23.8 Å². The summed E-state index contributed by atoms with van der Waals surface area (Å²) in [6.07, 6.45) is 0. The van der Waals surface area contributed by atoms with E-state index in [9.17, 15) is 14.0 Å². The number of carbonyl (C=O) groups is 2. The molecule has 2 unspecified atom stereocenters. The van der Waals surface area contributed by atoms with Gasteiger partial charge in [0.05, 0.1) is 24.8 Å². The molecule has 20 heavy (non-hydrogen) atoms. The highest BCUT2D eigenvalue weighted by atomic mass is 79.9. The van der Waals surface area contributed by atoms with Gasteiger partial charge in [0.25, 0.3) is 5.91 Å². The average molecular weight is 346 g/mol. The number of hydrogen-bond donors (Lipinski definition) is 1. The second-order valence-corrected chi connectivity index (χ2v) is 5.51. The van der Waals surface area contributed by atoms with Gasteiger partial charge in [-0.2, -0.15) is 0 Å². The first-order valence-electron chi connectivity index (χ1n) is 5.94. The van der Waals surface area contributed by atoms with E-state index >= 15 is 0 Å². The molecule has 0 spiro atoms. The quantitative estimate of drug-likeness (QED) is 0.906. The Kier molecular flexibility index (Phi) is 4.39. The van der Waals surface area contributed by atoms with Crippen LogP contribution in [-0.2, 0) is 9.53 Å². The number of carbonyl (C=O) groups excluding carboxylic acids is 1. The lowest BCUT2D eigenvalue weighted by Gasteiger charge is -2.26. The molecule has 2 rings (SSSR count). The lowest BCUT2D eigenvalue weighted by Crippen LogP contribution is -2.44. The number of halogens is 2. The molecular weight excluding hydrogens is 333 g/mol. The number of rotatable bonds is 3. The monoisotopic (exact) mass is 345 g/mol. The maximum atomic E-state index is 13.7. The number of carboxylic acids is 1. The van der Waals surface area contributed by atoms with Gasteiger partial charge in [-0.25, -0.2) is 4.39 Å². The molecule has 1 aromatic rings. The van der Waals surface area contributed by atoms with Gasteiger partial charge in [0.1, 0.15) is 11.7 Å². The van der Waals surface area contributed by atoms with Crippen molar-refractivity contribution in [2.75, 3.05) is 20.3 Å². The van der Waals surface area contributed by atoms with E-state index in [1.54, 1.807) is 0 Å². The van der Waals surface area contributed by atoms with E-state index < -0.39 is 29.7 Å². The maximum absolute atomic E-state index is 13.7. The minimum Gasteiger partial charge on any atom is -0.481 e. The summed E-state index contributed by atoms with van der Waals surface area (Å²) >= 11 is 3.18. The highest BCUT2D eigenvalue weighted by Gasteiger charge is 2.39. The number of aliphatic carboxylic acids is 1. The van der Waals surface area contributed by atoms with E-state index in [4.69, 9.17) is 9.84 Å². The predicted molar refractivity (Wildman–Crippen MR) is 71.9 cm³/mol. The fourth-order valence-corrected chi connectivity index (χ4v) is 2.52. The zero-order valence-corrected chi connectivity index (χ0v) is 12.3. The number of amides is 1. The summed E-state index contributed by atoms with van der Waals surface area (Å²) in [7, 11) is 1.46. The van der Waals surface area contributed by atoms with Gasteiger partial charge in [0.15, 0.2) is 0 Å². The van der Waals surface area contributed by atoms with Gasteiger partial charge in [-0.15, -0.1) is 0 Å². The van der Waals surface area contributed by atoms with E-state index in [2.05, 4.69) is 15.9 Å². The number of nitrogens with zero attached hydrogens (tertiary/aromatic N) is 1. The van der Waals surface area contributed by atoms with E-state index in [0.29, 0.717) is 4.47 Å². The van der Waals surface area contributed by atoms with Crippen LogP contribution in [0.4, 0.5) is 4.39 Å². The van der Waals surface area contributed by atoms with Crippen molar-refractivity contribution in [3.05, 3.63) is 34.1 Å². The zero-order chi connectivity index (χ0) is 14.9. The first-order chi connectivity index (χ1) is 9.41. The molecule has 1 amide bonds. The summed E-state index contributed by atoms with van der Waals surface area (Å²) in [5.74, 6) is -3.03. The van der Waals surface area contributed by atoms with Crippen LogP contribution < -0.4 is 0 Å². The van der Waals surface area contributed by atoms with E-state index in [0.717, 1.165) is 0 Å². The molecule has 0 radical (unpaired) electrons. The Bertz CT molecular complexity index is 551. The van der Waals surface area contributed by atoms with Crippen LogP contribution in [0.1, 0.15) is 10.4 Å². The van der Waals surface area contributed by atoms with Gasteiger partial charge in [0, 0.05) is 11.5 Å². The normalized spacial score (nSPS) is 21.8. The molecule has 1 aromatic carbocycles. The predicted octanol–water partition coefficient (Wildman–Crippen LogP) is 1.76. The van der Waals surface area contributed by atoms with Crippen LogP contribution in [0.15, 0.2) is 22.7 Å². The van der Waals surface area contributed by atoms with Gasteiger partial charge in [0.2, 0.25) is 0 Å². The summed E-state index contributed by atoms with van der Waals surface area (Å²) in [6.45, 7) is 0.188. The van der Waals surface area contributed by atoms with Crippen LogP contribution in [0, 0.1) is 11.7 Å². The number of benzene rings is 1. The highest BCUT2D eigenvalue weighted by molar-refractivity contribution is 9.10. The molecule has 0 bridgehead atoms. The summed E-state index contributed by atoms with van der Waals surface area (Å²) in [5, 5.41) is 9.08. The van der Waals surface area contributed by atoms with Gasteiger partial charge in [-0.05, 0) is 18.2 Å². The second kappa shape index (κ2) is 5.88. The molecule has 0 saturated carbocycles. The maximum Gasteiger partial charge on any atom is 0.311 e. The lowest BCUT2D eigenvalue weighted by molar-refractivity contribution is -0.142. The summed E-state index contributed by atoms with van der Waals surface area (Å²) in [5.41, 5.74) is -0.0992. The Morgan fingerprint density at radius 3 is 2.80 bits per heavy atom. The van der Waals surface area contributed by atoms with Gasteiger partial charge in [-0.1, -0.05) is 15.9 Å². The number of carboxylic acid groups (broad SMARTS) is 1. The lowest BCUT2D eigenvalue weighted by atomic mass is 10.0. The Morgan fingerprint density at radius 1 is 1.45 bits per heavy atom. The molecular formula is C13H13BrFNO4. The third kappa shape index (κ3) is 2.83. The van der Waals surface area contributed by atoms with Gasteiger partial charge >= 0.3 is 5.97 Å². The van der Waals surface area contributed by atoms with Crippen molar-refractivity contribution in [1.29, 1.82) is 0 Å². The van der Waals surface area contributed by atoms with Crippen molar-refractivity contribution in [2.24, 2.45) is 5.92 Å². The Balaban J connectivity index is 2.24. The zero-order valence-electron chi connectivity index (χ0n) is 10.7. The number of hydrogen-bond acceptors (Lipinski definition) is 3. The average Bonchev–Trinajstić information content (AvgIpc) is 2.89. The Morgan fingerprint density at radius 2 is 2.15 bits per heavy atom. The molecule has 0 aromatic heterocycles. The highest BCUT2D eigenvalue weighted by Crippen LogP contribution is 2.23. The molecule has 5 nitrogen and oxygen atoms in total. The molecule has 108 valence electrons. The largest absolute Gasteiger partial charge is 0.481 e. The molecule has 1 heterocycles. The first kappa shape index (κ1) is 14.9. The van der Waals surface area contributed by atoms with Crippen LogP contribution >= 0.6 is 15.9 Å². The first-order valence-corrected chi connectivity index (χ1v) is 6.74. The van der Waals surface area contributed by atoms with Crippen molar-refractivity contribution >= 4 is 27.8 Å². The Labute approximate surface area is 123 Å². The minimum atomic E-state index is -1.03. The molecule has 0 aliphatic carbocycles. The van der Waals surface area contributed by atoms with Crippen molar-refractivity contribution in [3.63, 3.8) is 0 Å². The standard InChI is InChI=1S/C13H13BrFNO4/c1-16(11-6-20-5-9(11)13(18)19)12(17)8-4-7(14)2-3-10(8)15/h2-4,9,11H,5-6H2,1H3,(H,18,19). The van der Waals surface area contributed by atoms with Crippen LogP contribution in [0.25, 0.3) is 0 Å². The third-order valence-electron chi connectivity index (χ3n) is 3.34. The van der Waals surface area contributed by atoms with Crippen molar-refractivity contribution in [2.45, 2.75) is 6.04 Å². The molecule has 1 N–H and O–H groups in total. The molecule has 1 saturated heterocycles.